The molecule has 0 amide bonds. The summed E-state index contributed by atoms with van der Waals surface area (Å²) in [5, 5.41) is 0. The normalized spacial score (nSPS) is 22.3. The smallest absolute Gasteiger partial charge is 0.0351 e. The van der Waals surface area contributed by atoms with Crippen molar-refractivity contribution >= 4 is 0 Å². The quantitative estimate of drug-likeness (QED) is 0.501. The minimum atomic E-state index is 0.912. The molecule has 0 heterocycles. The van der Waals surface area contributed by atoms with Crippen LogP contribution in [0.4, 0.5) is 0 Å². The lowest BCUT2D eigenvalue weighted by Gasteiger charge is -2.11. The number of rotatable bonds is 1. The zero-order valence-corrected chi connectivity index (χ0v) is 7.39. The Balaban J connectivity index is 2.26. The summed E-state index contributed by atoms with van der Waals surface area (Å²) in [6.45, 7) is 3.99. The molecule has 0 aromatic rings. The third kappa shape index (κ3) is 3.60. The van der Waals surface area contributed by atoms with E-state index in [2.05, 4.69) is 19.1 Å². The van der Waals surface area contributed by atoms with Crippen LogP contribution in [0.15, 0.2) is 12.2 Å². The molecule has 0 aromatic carbocycles. The average molecular weight is 151 g/mol. The van der Waals surface area contributed by atoms with Gasteiger partial charge in [0.25, 0.3) is 0 Å². The van der Waals surface area contributed by atoms with Crippen molar-refractivity contribution < 1.29 is 0 Å². The van der Waals surface area contributed by atoms with Gasteiger partial charge in [0.05, 0.1) is 0 Å². The summed E-state index contributed by atoms with van der Waals surface area (Å²) in [6.07, 6.45) is 13.9. The molecular weight excluding hydrogens is 132 g/mol. The fraction of sp³-hybridized carbons (Fsp3) is 0.727. The monoisotopic (exact) mass is 151 g/mol. The number of hydrogen-bond donors (Lipinski definition) is 0. The summed E-state index contributed by atoms with van der Waals surface area (Å²) < 4.78 is 0. The van der Waals surface area contributed by atoms with E-state index in [1.54, 1.807) is 0 Å². The molecule has 1 aliphatic carbocycles. The molecule has 0 spiro atoms. The van der Waals surface area contributed by atoms with Crippen LogP contribution in [0.3, 0.4) is 0 Å². The van der Waals surface area contributed by atoms with E-state index in [0.29, 0.717) is 0 Å². The molecule has 11 heavy (non-hydrogen) atoms. The molecule has 0 bridgehead atoms. The summed E-state index contributed by atoms with van der Waals surface area (Å²) in [4.78, 5) is 0. The fourth-order valence-corrected chi connectivity index (χ4v) is 1.72. The van der Waals surface area contributed by atoms with Crippen LogP contribution >= 0.6 is 0 Å². The summed E-state index contributed by atoms with van der Waals surface area (Å²) in [7, 11) is 0. The maximum Gasteiger partial charge on any atom is -0.0351 e. The lowest BCUT2D eigenvalue weighted by atomic mass is 9.94. The number of hydrogen-bond acceptors (Lipinski definition) is 0. The van der Waals surface area contributed by atoms with E-state index in [-0.39, 0.29) is 0 Å². The molecule has 0 fully saturated rings. The second-order valence-electron chi connectivity index (χ2n) is 3.49. The van der Waals surface area contributed by atoms with Gasteiger partial charge in [-0.2, -0.15) is 0 Å². The second kappa shape index (κ2) is 5.40. The summed E-state index contributed by atoms with van der Waals surface area (Å²) in [6, 6.07) is 0. The van der Waals surface area contributed by atoms with E-state index in [0.717, 1.165) is 12.3 Å². The van der Waals surface area contributed by atoms with Crippen LogP contribution in [0.2, 0.25) is 0 Å². The van der Waals surface area contributed by atoms with E-state index < -0.39 is 0 Å². The highest BCUT2D eigenvalue weighted by Gasteiger charge is 2.05. The van der Waals surface area contributed by atoms with E-state index in [1.807, 2.05) is 0 Å². The molecule has 0 nitrogen and oxygen atoms in total. The van der Waals surface area contributed by atoms with Gasteiger partial charge in [0, 0.05) is 0 Å². The molecule has 0 unspecified atom stereocenters. The first kappa shape index (κ1) is 8.83. The van der Waals surface area contributed by atoms with Gasteiger partial charge in [-0.15, -0.1) is 0 Å². The molecule has 0 saturated heterocycles. The van der Waals surface area contributed by atoms with Crippen LogP contribution in [0.25, 0.3) is 0 Å². The van der Waals surface area contributed by atoms with Gasteiger partial charge >= 0.3 is 0 Å². The molecule has 63 valence electrons. The zero-order valence-electron chi connectivity index (χ0n) is 7.39. The molecule has 1 rings (SSSR count). The first-order valence-corrected chi connectivity index (χ1v) is 4.87. The van der Waals surface area contributed by atoms with Crippen molar-refractivity contribution in [3.8, 4) is 0 Å². The van der Waals surface area contributed by atoms with Gasteiger partial charge in [-0.3, -0.25) is 0 Å². The molecule has 0 atom stereocenters. The maximum absolute atomic E-state index is 3.99. The highest BCUT2D eigenvalue weighted by Crippen LogP contribution is 2.20. The summed E-state index contributed by atoms with van der Waals surface area (Å²) in [5.74, 6) is 0.912. The molecule has 0 saturated carbocycles. The minimum Gasteiger partial charge on any atom is -0.0885 e. The topological polar surface area (TPSA) is 0 Å². The van der Waals surface area contributed by atoms with Gasteiger partial charge in [0.15, 0.2) is 0 Å². The third-order valence-corrected chi connectivity index (χ3v) is 2.54. The molecule has 0 aromatic heterocycles. The van der Waals surface area contributed by atoms with Crippen LogP contribution < -0.4 is 0 Å². The van der Waals surface area contributed by atoms with Gasteiger partial charge in [-0.05, 0) is 31.6 Å². The molecule has 1 radical (unpaired) electrons. The van der Waals surface area contributed by atoms with Gasteiger partial charge < -0.3 is 0 Å². The Kier molecular flexibility index (Phi) is 4.33. The second-order valence-corrected chi connectivity index (χ2v) is 3.49. The molecule has 0 N–H and O–H groups in total. The standard InChI is InChI=1S/C11H19/c1-2-11-9-7-5-3-4-6-8-10-11/h3-4,11H,1-2,5-10H2. The van der Waals surface area contributed by atoms with Crippen molar-refractivity contribution in [3.63, 3.8) is 0 Å². The predicted octanol–water partition coefficient (Wildman–Crippen LogP) is 3.74. The number of allylic oxidation sites excluding steroid dienone is 2. The molecular formula is C11H19. The van der Waals surface area contributed by atoms with Crippen molar-refractivity contribution in [2.45, 2.75) is 44.9 Å². The van der Waals surface area contributed by atoms with Gasteiger partial charge in [0.2, 0.25) is 0 Å². The predicted molar refractivity (Wildman–Crippen MR) is 50.3 cm³/mol. The highest BCUT2D eigenvalue weighted by molar-refractivity contribution is 4.83. The Morgan fingerprint density at radius 1 is 1.09 bits per heavy atom. The Labute approximate surface area is 70.7 Å². The Morgan fingerprint density at radius 3 is 2.09 bits per heavy atom. The van der Waals surface area contributed by atoms with Crippen LogP contribution in [-0.4, -0.2) is 0 Å². The van der Waals surface area contributed by atoms with Crippen molar-refractivity contribution in [2.75, 3.05) is 0 Å². The first-order valence-electron chi connectivity index (χ1n) is 4.87. The molecule has 1 aliphatic rings. The molecule has 0 heteroatoms. The van der Waals surface area contributed by atoms with E-state index in [9.17, 15) is 0 Å². The minimum absolute atomic E-state index is 0.912. The van der Waals surface area contributed by atoms with Gasteiger partial charge in [0.1, 0.15) is 0 Å². The lowest BCUT2D eigenvalue weighted by Crippen LogP contribution is -1.97. The average Bonchev–Trinajstić information content (AvgIpc) is 2.16. The van der Waals surface area contributed by atoms with E-state index in [4.69, 9.17) is 0 Å². The summed E-state index contributed by atoms with van der Waals surface area (Å²) in [5.41, 5.74) is 0. The Hall–Kier alpha value is -0.260. The van der Waals surface area contributed by atoms with Crippen molar-refractivity contribution in [3.05, 3.63) is 19.1 Å². The molecule has 0 aliphatic heterocycles. The van der Waals surface area contributed by atoms with Crippen molar-refractivity contribution in [2.24, 2.45) is 5.92 Å². The third-order valence-electron chi connectivity index (χ3n) is 2.54. The van der Waals surface area contributed by atoms with Crippen LogP contribution in [-0.2, 0) is 0 Å². The summed E-state index contributed by atoms with van der Waals surface area (Å²) >= 11 is 0. The Bertz CT molecular complexity index is 101. The van der Waals surface area contributed by atoms with Crippen LogP contribution in [0.1, 0.15) is 44.9 Å². The van der Waals surface area contributed by atoms with E-state index >= 15 is 0 Å². The van der Waals surface area contributed by atoms with Crippen LogP contribution in [0, 0.1) is 12.8 Å². The lowest BCUT2D eigenvalue weighted by molar-refractivity contribution is 0.434. The van der Waals surface area contributed by atoms with Crippen molar-refractivity contribution in [1.29, 1.82) is 0 Å². The van der Waals surface area contributed by atoms with E-state index in [1.165, 1.54) is 38.5 Å². The highest BCUT2D eigenvalue weighted by atomic mass is 14.1. The first-order chi connectivity index (χ1) is 5.43. The van der Waals surface area contributed by atoms with Gasteiger partial charge in [-0.1, -0.05) is 38.3 Å². The maximum atomic E-state index is 3.99. The largest absolute Gasteiger partial charge is 0.0885 e. The van der Waals surface area contributed by atoms with Crippen LogP contribution in [0.5, 0.6) is 0 Å². The Morgan fingerprint density at radius 2 is 1.64 bits per heavy atom. The fourth-order valence-electron chi connectivity index (χ4n) is 1.72. The van der Waals surface area contributed by atoms with Gasteiger partial charge in [-0.25, -0.2) is 0 Å². The zero-order chi connectivity index (χ0) is 7.94. The van der Waals surface area contributed by atoms with Crippen molar-refractivity contribution in [1.82, 2.24) is 0 Å². The SMILES string of the molecule is [CH2]CC1CCCC=CCCC1.